The van der Waals surface area contributed by atoms with Crippen LogP contribution in [0.1, 0.15) is 23.2 Å². The second kappa shape index (κ2) is 6.62. The molecule has 23 heavy (non-hydrogen) atoms. The molecular formula is C16H19F2N3O2. The number of nitrogens with zero attached hydrogens (tertiary/aromatic N) is 2. The Balaban J connectivity index is 1.54. The van der Waals surface area contributed by atoms with Crippen molar-refractivity contribution < 1.29 is 18.4 Å². The molecule has 0 bridgehead atoms. The van der Waals surface area contributed by atoms with Gasteiger partial charge in [0.05, 0.1) is 6.54 Å². The van der Waals surface area contributed by atoms with E-state index in [9.17, 15) is 18.4 Å². The van der Waals surface area contributed by atoms with Crippen LogP contribution >= 0.6 is 0 Å². The SMILES string of the molecule is O=C(CN1CCN(C(=O)c2c(F)cccc2F)CC1)NC1CC1. The fraction of sp³-hybridized carbons (Fsp3) is 0.500. The normalized spacial score (nSPS) is 18.8. The van der Waals surface area contributed by atoms with Gasteiger partial charge in [0.15, 0.2) is 0 Å². The number of piperazine rings is 1. The average molecular weight is 323 g/mol. The van der Waals surface area contributed by atoms with E-state index in [4.69, 9.17) is 0 Å². The fourth-order valence-electron chi connectivity index (χ4n) is 2.67. The molecule has 1 heterocycles. The van der Waals surface area contributed by atoms with Gasteiger partial charge in [-0.25, -0.2) is 8.78 Å². The molecule has 0 aromatic heterocycles. The zero-order valence-electron chi connectivity index (χ0n) is 12.7. The predicted octanol–water partition coefficient (Wildman–Crippen LogP) is 1.00. The summed E-state index contributed by atoms with van der Waals surface area (Å²) in [5.41, 5.74) is -0.507. The first kappa shape index (κ1) is 15.9. The number of amides is 2. The minimum Gasteiger partial charge on any atom is -0.352 e. The summed E-state index contributed by atoms with van der Waals surface area (Å²) >= 11 is 0. The summed E-state index contributed by atoms with van der Waals surface area (Å²) in [4.78, 5) is 27.4. The number of hydrogen-bond donors (Lipinski definition) is 1. The van der Waals surface area contributed by atoms with Crippen LogP contribution in [0.3, 0.4) is 0 Å². The van der Waals surface area contributed by atoms with E-state index in [1.807, 2.05) is 4.90 Å². The molecule has 1 saturated carbocycles. The van der Waals surface area contributed by atoms with Gasteiger partial charge >= 0.3 is 0 Å². The Morgan fingerprint density at radius 3 is 2.26 bits per heavy atom. The topological polar surface area (TPSA) is 52.7 Å². The molecule has 2 aliphatic rings. The summed E-state index contributed by atoms with van der Waals surface area (Å²) in [5.74, 6) is -2.34. The van der Waals surface area contributed by atoms with Gasteiger partial charge in [0, 0.05) is 32.2 Å². The first-order valence-electron chi connectivity index (χ1n) is 7.79. The van der Waals surface area contributed by atoms with E-state index in [1.165, 1.54) is 11.0 Å². The molecule has 0 atom stereocenters. The first-order chi connectivity index (χ1) is 11.0. The van der Waals surface area contributed by atoms with Gasteiger partial charge in [0.1, 0.15) is 17.2 Å². The van der Waals surface area contributed by atoms with Crippen LogP contribution < -0.4 is 5.32 Å². The fourth-order valence-corrected chi connectivity index (χ4v) is 2.67. The van der Waals surface area contributed by atoms with Crippen LogP contribution in [0, 0.1) is 11.6 Å². The van der Waals surface area contributed by atoms with Crippen LogP contribution in [0.5, 0.6) is 0 Å². The third-order valence-electron chi connectivity index (χ3n) is 4.15. The number of benzene rings is 1. The number of rotatable bonds is 4. The predicted molar refractivity (Wildman–Crippen MR) is 79.9 cm³/mol. The lowest BCUT2D eigenvalue weighted by molar-refractivity contribution is -0.122. The number of carbonyl (C=O) groups is 2. The van der Waals surface area contributed by atoms with Crippen molar-refractivity contribution in [3.63, 3.8) is 0 Å². The lowest BCUT2D eigenvalue weighted by atomic mass is 10.1. The summed E-state index contributed by atoms with van der Waals surface area (Å²) in [6.45, 7) is 2.03. The molecule has 124 valence electrons. The van der Waals surface area contributed by atoms with Gasteiger partial charge in [-0.05, 0) is 25.0 Å². The highest BCUT2D eigenvalue weighted by Crippen LogP contribution is 2.19. The van der Waals surface area contributed by atoms with Crippen LogP contribution in [0.25, 0.3) is 0 Å². The molecule has 7 heteroatoms. The van der Waals surface area contributed by atoms with E-state index in [1.54, 1.807) is 0 Å². The van der Waals surface area contributed by atoms with Crippen molar-refractivity contribution in [1.29, 1.82) is 0 Å². The summed E-state index contributed by atoms with van der Waals surface area (Å²) in [5, 5.41) is 2.92. The Kier molecular flexibility index (Phi) is 4.56. The highest BCUT2D eigenvalue weighted by Gasteiger charge is 2.28. The Morgan fingerprint density at radius 1 is 1.09 bits per heavy atom. The number of carbonyl (C=O) groups excluding carboxylic acids is 2. The van der Waals surface area contributed by atoms with Gasteiger partial charge in [-0.3, -0.25) is 14.5 Å². The summed E-state index contributed by atoms with van der Waals surface area (Å²) in [6, 6.07) is 3.72. The molecule has 0 unspecified atom stereocenters. The van der Waals surface area contributed by atoms with E-state index < -0.39 is 23.1 Å². The van der Waals surface area contributed by atoms with Gasteiger partial charge in [0.2, 0.25) is 5.91 Å². The Hall–Kier alpha value is -2.02. The smallest absolute Gasteiger partial charge is 0.259 e. The van der Waals surface area contributed by atoms with Crippen LogP contribution in [-0.2, 0) is 4.79 Å². The van der Waals surface area contributed by atoms with Gasteiger partial charge < -0.3 is 10.2 Å². The molecule has 5 nitrogen and oxygen atoms in total. The van der Waals surface area contributed by atoms with Crippen molar-refractivity contribution in [2.45, 2.75) is 18.9 Å². The third kappa shape index (κ3) is 3.85. The molecule has 2 fully saturated rings. The monoisotopic (exact) mass is 323 g/mol. The van der Waals surface area contributed by atoms with Gasteiger partial charge in [-0.1, -0.05) is 6.07 Å². The van der Waals surface area contributed by atoms with E-state index in [0.29, 0.717) is 38.8 Å². The highest BCUT2D eigenvalue weighted by molar-refractivity contribution is 5.94. The lowest BCUT2D eigenvalue weighted by Gasteiger charge is -2.34. The number of hydrogen-bond acceptors (Lipinski definition) is 3. The quantitative estimate of drug-likeness (QED) is 0.899. The molecule has 2 amide bonds. The molecule has 0 radical (unpaired) electrons. The maximum atomic E-state index is 13.7. The van der Waals surface area contributed by atoms with Crippen LogP contribution in [0.15, 0.2) is 18.2 Å². The highest BCUT2D eigenvalue weighted by atomic mass is 19.1. The number of halogens is 2. The zero-order chi connectivity index (χ0) is 16.4. The maximum absolute atomic E-state index is 13.7. The molecule has 1 aliphatic carbocycles. The second-order valence-corrected chi connectivity index (χ2v) is 6.01. The van der Waals surface area contributed by atoms with Crippen molar-refractivity contribution in [3.05, 3.63) is 35.4 Å². The van der Waals surface area contributed by atoms with Crippen molar-refractivity contribution in [2.24, 2.45) is 0 Å². The van der Waals surface area contributed by atoms with Crippen molar-refractivity contribution in [1.82, 2.24) is 15.1 Å². The van der Waals surface area contributed by atoms with Crippen molar-refractivity contribution in [3.8, 4) is 0 Å². The minimum atomic E-state index is -0.846. The maximum Gasteiger partial charge on any atom is 0.259 e. The van der Waals surface area contributed by atoms with Gasteiger partial charge in [0.25, 0.3) is 5.91 Å². The molecule has 0 spiro atoms. The summed E-state index contributed by atoms with van der Waals surface area (Å²) < 4.78 is 27.4. The first-order valence-corrected chi connectivity index (χ1v) is 7.79. The Morgan fingerprint density at radius 2 is 1.70 bits per heavy atom. The van der Waals surface area contributed by atoms with E-state index in [-0.39, 0.29) is 5.91 Å². The molecule has 1 N–H and O–H groups in total. The second-order valence-electron chi connectivity index (χ2n) is 6.01. The largest absolute Gasteiger partial charge is 0.352 e. The van der Waals surface area contributed by atoms with E-state index in [2.05, 4.69) is 5.32 Å². The standard InChI is InChI=1S/C16H19F2N3O2/c17-12-2-1-3-13(18)15(12)16(23)21-8-6-20(7-9-21)10-14(22)19-11-4-5-11/h1-3,11H,4-10H2,(H,19,22). The van der Waals surface area contributed by atoms with Crippen molar-refractivity contribution >= 4 is 11.8 Å². The van der Waals surface area contributed by atoms with Crippen LogP contribution in [0.4, 0.5) is 8.78 Å². The van der Waals surface area contributed by atoms with E-state index >= 15 is 0 Å². The van der Waals surface area contributed by atoms with Crippen LogP contribution in [-0.4, -0.2) is 60.4 Å². The molecular weight excluding hydrogens is 304 g/mol. The number of nitrogens with one attached hydrogen (secondary N) is 1. The molecule has 1 aromatic rings. The molecule has 1 saturated heterocycles. The van der Waals surface area contributed by atoms with E-state index in [0.717, 1.165) is 25.0 Å². The minimum absolute atomic E-state index is 0.00701. The Labute approximate surface area is 133 Å². The summed E-state index contributed by atoms with van der Waals surface area (Å²) in [6.07, 6.45) is 2.09. The van der Waals surface area contributed by atoms with Crippen molar-refractivity contribution in [2.75, 3.05) is 32.7 Å². The summed E-state index contributed by atoms with van der Waals surface area (Å²) in [7, 11) is 0. The lowest BCUT2D eigenvalue weighted by Crippen LogP contribution is -2.51. The molecule has 1 aromatic carbocycles. The third-order valence-corrected chi connectivity index (χ3v) is 4.15. The zero-order valence-corrected chi connectivity index (χ0v) is 12.7. The van der Waals surface area contributed by atoms with Gasteiger partial charge in [-0.2, -0.15) is 0 Å². The van der Waals surface area contributed by atoms with Gasteiger partial charge in [-0.15, -0.1) is 0 Å². The molecule has 1 aliphatic heterocycles. The Bertz CT molecular complexity index is 591. The van der Waals surface area contributed by atoms with Crippen LogP contribution in [0.2, 0.25) is 0 Å². The molecule has 3 rings (SSSR count). The average Bonchev–Trinajstić information content (AvgIpc) is 3.31.